The first kappa shape index (κ1) is 14.5. The van der Waals surface area contributed by atoms with E-state index < -0.39 is 0 Å². The molecule has 0 radical (unpaired) electrons. The van der Waals surface area contributed by atoms with E-state index in [0.29, 0.717) is 23.4 Å². The minimum atomic E-state index is 0.316. The second kappa shape index (κ2) is 5.89. The van der Waals surface area contributed by atoms with Crippen LogP contribution in [0.4, 0.5) is 0 Å². The van der Waals surface area contributed by atoms with Gasteiger partial charge in [-0.3, -0.25) is 4.90 Å². The summed E-state index contributed by atoms with van der Waals surface area (Å²) in [6.07, 6.45) is 6.26. The number of hydrogen-bond donors (Lipinski definition) is 1. The largest absolute Gasteiger partial charge is 0.311 e. The van der Waals surface area contributed by atoms with Gasteiger partial charge in [0.1, 0.15) is 0 Å². The van der Waals surface area contributed by atoms with Crippen molar-refractivity contribution in [2.45, 2.75) is 53.1 Å². The highest BCUT2D eigenvalue weighted by Gasteiger charge is 2.34. The van der Waals surface area contributed by atoms with Crippen LogP contribution in [-0.2, 0) is 0 Å². The molecule has 1 fully saturated rings. The van der Waals surface area contributed by atoms with Gasteiger partial charge in [-0.2, -0.15) is 0 Å². The van der Waals surface area contributed by atoms with Crippen molar-refractivity contribution < 1.29 is 0 Å². The summed E-state index contributed by atoms with van der Waals surface area (Å²) in [4.78, 5) is 2.58. The van der Waals surface area contributed by atoms with Crippen molar-refractivity contribution in [3.05, 3.63) is 0 Å². The van der Waals surface area contributed by atoms with Crippen LogP contribution in [0.5, 0.6) is 0 Å². The summed E-state index contributed by atoms with van der Waals surface area (Å²) in [5.41, 5.74) is 0.316. The lowest BCUT2D eigenvalue weighted by atomic mass is 9.83. The van der Waals surface area contributed by atoms with Gasteiger partial charge >= 0.3 is 0 Å². The maximum absolute atomic E-state index is 5.40. The summed E-state index contributed by atoms with van der Waals surface area (Å²) >= 11 is 0. The van der Waals surface area contributed by atoms with Crippen LogP contribution in [0, 0.1) is 23.7 Å². The number of rotatable bonds is 3. The summed E-state index contributed by atoms with van der Waals surface area (Å²) < 4.78 is 0. The van der Waals surface area contributed by atoms with Crippen LogP contribution >= 0.6 is 0 Å². The average Bonchev–Trinajstić information content (AvgIpc) is 2.24. The Hall–Kier alpha value is -0.520. The van der Waals surface area contributed by atoms with Crippen LogP contribution in [0.2, 0.25) is 0 Å². The Labute approximate surface area is 107 Å². The van der Waals surface area contributed by atoms with Gasteiger partial charge in [0.15, 0.2) is 0 Å². The molecule has 0 saturated carbocycles. The molecule has 2 unspecified atom stereocenters. The van der Waals surface area contributed by atoms with Crippen LogP contribution in [0.25, 0.3) is 0 Å². The van der Waals surface area contributed by atoms with E-state index in [2.05, 4.69) is 50.8 Å². The van der Waals surface area contributed by atoms with E-state index in [4.69, 9.17) is 6.42 Å². The number of nitrogens with zero attached hydrogens (tertiary/aromatic N) is 1. The summed E-state index contributed by atoms with van der Waals surface area (Å²) in [7, 11) is 0. The Bertz CT molecular complexity index is 270. The van der Waals surface area contributed by atoms with Crippen LogP contribution in [0.1, 0.15) is 41.0 Å². The van der Waals surface area contributed by atoms with Crippen molar-refractivity contribution in [3.63, 3.8) is 0 Å². The summed E-state index contributed by atoms with van der Waals surface area (Å²) in [6, 6.07) is 1.19. The number of piperazine rings is 1. The lowest BCUT2D eigenvalue weighted by Gasteiger charge is -2.46. The first-order valence-corrected chi connectivity index (χ1v) is 6.77. The molecular formula is C15H28N2. The van der Waals surface area contributed by atoms with E-state index >= 15 is 0 Å². The minimum Gasteiger partial charge on any atom is -0.311 e. The van der Waals surface area contributed by atoms with E-state index in [1.807, 2.05) is 0 Å². The molecule has 1 saturated heterocycles. The molecule has 0 aromatic carbocycles. The summed E-state index contributed by atoms with van der Waals surface area (Å²) in [5.74, 6) is 3.45. The number of nitrogens with one attached hydrogen (secondary N) is 1. The van der Waals surface area contributed by atoms with Gasteiger partial charge in [-0.25, -0.2) is 0 Å². The van der Waals surface area contributed by atoms with E-state index in [1.165, 1.54) is 0 Å². The highest BCUT2D eigenvalue weighted by Crippen LogP contribution is 2.25. The number of hydrogen-bond acceptors (Lipinski definition) is 2. The Morgan fingerprint density at radius 1 is 1.41 bits per heavy atom. The van der Waals surface area contributed by atoms with Crippen molar-refractivity contribution in [2.24, 2.45) is 11.3 Å². The van der Waals surface area contributed by atoms with Gasteiger partial charge in [0.2, 0.25) is 0 Å². The Morgan fingerprint density at radius 3 is 2.53 bits per heavy atom. The molecule has 17 heavy (non-hydrogen) atoms. The predicted molar refractivity (Wildman–Crippen MR) is 74.9 cm³/mol. The molecule has 0 spiro atoms. The molecular weight excluding hydrogens is 208 g/mol. The molecule has 0 aromatic rings. The fourth-order valence-corrected chi connectivity index (χ4v) is 2.53. The summed E-state index contributed by atoms with van der Waals surface area (Å²) in [6.45, 7) is 14.8. The molecule has 98 valence electrons. The maximum Gasteiger partial charge on any atom is 0.0244 e. The van der Waals surface area contributed by atoms with Crippen molar-refractivity contribution >= 4 is 0 Å². The van der Waals surface area contributed by atoms with Crippen molar-refractivity contribution in [1.29, 1.82) is 0 Å². The lowest BCUT2D eigenvalue weighted by molar-refractivity contribution is 0.0652. The Morgan fingerprint density at radius 2 is 2.06 bits per heavy atom. The SMILES string of the molecule is C#CCCN1CC(C(C)(C)C)NCC1C(C)C. The zero-order valence-corrected chi connectivity index (χ0v) is 12.1. The molecule has 0 bridgehead atoms. The van der Waals surface area contributed by atoms with Crippen LogP contribution in [0.3, 0.4) is 0 Å². The van der Waals surface area contributed by atoms with Gasteiger partial charge in [0.25, 0.3) is 0 Å². The third-order valence-electron chi connectivity index (χ3n) is 3.82. The Balaban J connectivity index is 2.67. The number of terminal acetylenes is 1. The fraction of sp³-hybridized carbons (Fsp3) is 0.867. The third-order valence-corrected chi connectivity index (χ3v) is 3.82. The fourth-order valence-electron chi connectivity index (χ4n) is 2.53. The maximum atomic E-state index is 5.40. The smallest absolute Gasteiger partial charge is 0.0244 e. The molecule has 0 amide bonds. The average molecular weight is 236 g/mol. The van der Waals surface area contributed by atoms with Crippen molar-refractivity contribution in [3.8, 4) is 12.3 Å². The molecule has 2 atom stereocenters. The van der Waals surface area contributed by atoms with Gasteiger partial charge in [0.05, 0.1) is 0 Å². The molecule has 2 heteroatoms. The molecule has 1 heterocycles. The van der Waals surface area contributed by atoms with Gasteiger partial charge < -0.3 is 5.32 Å². The molecule has 1 aliphatic rings. The molecule has 1 N–H and O–H groups in total. The zero-order valence-electron chi connectivity index (χ0n) is 12.1. The topological polar surface area (TPSA) is 15.3 Å². The van der Waals surface area contributed by atoms with Gasteiger partial charge in [-0.05, 0) is 11.3 Å². The van der Waals surface area contributed by atoms with Crippen molar-refractivity contribution in [1.82, 2.24) is 10.2 Å². The van der Waals surface area contributed by atoms with E-state index in [0.717, 1.165) is 26.1 Å². The standard InChI is InChI=1S/C15H28N2/c1-7-8-9-17-11-14(15(4,5)6)16-10-13(17)12(2)3/h1,12-14,16H,8-11H2,2-6H3. The highest BCUT2D eigenvalue weighted by molar-refractivity contribution is 4.94. The first-order chi connectivity index (χ1) is 7.86. The van der Waals surface area contributed by atoms with Crippen LogP contribution in [0.15, 0.2) is 0 Å². The second-order valence-electron chi connectivity index (χ2n) is 6.59. The molecule has 0 aliphatic carbocycles. The molecule has 2 nitrogen and oxygen atoms in total. The van der Waals surface area contributed by atoms with Crippen LogP contribution in [-0.4, -0.2) is 36.6 Å². The monoisotopic (exact) mass is 236 g/mol. The first-order valence-electron chi connectivity index (χ1n) is 6.77. The zero-order chi connectivity index (χ0) is 13.1. The summed E-state index contributed by atoms with van der Waals surface area (Å²) in [5, 5.41) is 3.70. The van der Waals surface area contributed by atoms with E-state index in [-0.39, 0.29) is 0 Å². The van der Waals surface area contributed by atoms with Gasteiger partial charge in [0, 0.05) is 38.1 Å². The van der Waals surface area contributed by atoms with Crippen molar-refractivity contribution in [2.75, 3.05) is 19.6 Å². The Kier molecular flexibility index (Phi) is 5.04. The van der Waals surface area contributed by atoms with Gasteiger partial charge in [-0.15, -0.1) is 12.3 Å². The lowest BCUT2D eigenvalue weighted by Crippen LogP contribution is -2.61. The van der Waals surface area contributed by atoms with E-state index in [1.54, 1.807) is 0 Å². The molecule has 0 aromatic heterocycles. The van der Waals surface area contributed by atoms with Crippen LogP contribution < -0.4 is 5.32 Å². The second-order valence-corrected chi connectivity index (χ2v) is 6.59. The van der Waals surface area contributed by atoms with Gasteiger partial charge in [-0.1, -0.05) is 34.6 Å². The quantitative estimate of drug-likeness (QED) is 0.757. The minimum absolute atomic E-state index is 0.316. The van der Waals surface area contributed by atoms with E-state index in [9.17, 15) is 0 Å². The third kappa shape index (κ3) is 4.01. The predicted octanol–water partition coefficient (Wildman–Crippen LogP) is 2.35. The highest BCUT2D eigenvalue weighted by atomic mass is 15.2. The molecule has 1 rings (SSSR count). The normalized spacial score (nSPS) is 27.1. The molecule has 1 aliphatic heterocycles.